The molecule has 0 fully saturated rings. The average molecular weight is 265 g/mol. The van der Waals surface area contributed by atoms with Gasteiger partial charge < -0.3 is 5.32 Å². The van der Waals surface area contributed by atoms with Crippen molar-refractivity contribution < 1.29 is 0 Å². The Balaban J connectivity index is 1.96. The molecule has 17 heavy (non-hydrogen) atoms. The van der Waals surface area contributed by atoms with Crippen LogP contribution in [0.1, 0.15) is 38.0 Å². The van der Waals surface area contributed by atoms with Gasteiger partial charge in [0.15, 0.2) is 0 Å². The summed E-state index contributed by atoms with van der Waals surface area (Å²) < 4.78 is 0. The summed E-state index contributed by atoms with van der Waals surface area (Å²) in [6.07, 6.45) is 0. The third-order valence-electron chi connectivity index (χ3n) is 2.93. The lowest BCUT2D eigenvalue weighted by Gasteiger charge is -2.11. The molecule has 0 aromatic carbocycles. The zero-order chi connectivity index (χ0) is 12.4. The van der Waals surface area contributed by atoms with Crippen LogP contribution in [0, 0.1) is 20.8 Å². The summed E-state index contributed by atoms with van der Waals surface area (Å²) in [5, 5.41) is 3.60. The van der Waals surface area contributed by atoms with E-state index >= 15 is 0 Å². The van der Waals surface area contributed by atoms with E-state index < -0.39 is 0 Å². The van der Waals surface area contributed by atoms with E-state index in [2.05, 4.69) is 51.2 Å². The van der Waals surface area contributed by atoms with Crippen LogP contribution in [0.15, 0.2) is 18.2 Å². The van der Waals surface area contributed by atoms with Crippen LogP contribution in [-0.4, -0.2) is 0 Å². The number of nitrogens with one attached hydrogen (secondary N) is 1. The molecule has 92 valence electrons. The highest BCUT2D eigenvalue weighted by Gasteiger charge is 2.08. The van der Waals surface area contributed by atoms with Gasteiger partial charge in [-0.3, -0.25) is 0 Å². The molecule has 1 N–H and O–H groups in total. The van der Waals surface area contributed by atoms with Gasteiger partial charge in [-0.15, -0.1) is 22.7 Å². The van der Waals surface area contributed by atoms with Crippen molar-refractivity contribution in [1.29, 1.82) is 0 Å². The molecule has 2 heterocycles. The van der Waals surface area contributed by atoms with E-state index in [-0.39, 0.29) is 0 Å². The summed E-state index contributed by atoms with van der Waals surface area (Å²) >= 11 is 3.76. The first-order valence-corrected chi connectivity index (χ1v) is 7.55. The third-order valence-corrected chi connectivity index (χ3v) is 5.12. The number of aryl methyl sites for hydroxylation is 3. The molecule has 1 nitrogen and oxygen atoms in total. The Labute approximate surface area is 112 Å². The summed E-state index contributed by atoms with van der Waals surface area (Å²) in [5.74, 6) is 0. The van der Waals surface area contributed by atoms with E-state index in [0.29, 0.717) is 6.04 Å². The Morgan fingerprint density at radius 1 is 1.12 bits per heavy atom. The van der Waals surface area contributed by atoms with Gasteiger partial charge in [0.25, 0.3) is 0 Å². The normalized spacial score (nSPS) is 12.9. The molecule has 3 heteroatoms. The van der Waals surface area contributed by atoms with Gasteiger partial charge in [0.2, 0.25) is 0 Å². The molecule has 0 spiro atoms. The Hall–Kier alpha value is -0.640. The van der Waals surface area contributed by atoms with Crippen LogP contribution in [0.5, 0.6) is 0 Å². The first-order valence-electron chi connectivity index (χ1n) is 5.92. The van der Waals surface area contributed by atoms with Gasteiger partial charge in [-0.1, -0.05) is 0 Å². The topological polar surface area (TPSA) is 12.0 Å². The molecule has 2 aromatic rings. The van der Waals surface area contributed by atoms with E-state index in [1.54, 1.807) is 0 Å². The fourth-order valence-electron chi connectivity index (χ4n) is 1.91. The van der Waals surface area contributed by atoms with Crippen molar-refractivity contribution in [3.63, 3.8) is 0 Å². The Bertz CT molecular complexity index is 496. The molecule has 0 amide bonds. The fourth-order valence-corrected chi connectivity index (χ4v) is 3.76. The molecule has 0 aliphatic rings. The first kappa shape index (κ1) is 12.8. The van der Waals surface area contributed by atoms with Crippen LogP contribution < -0.4 is 5.32 Å². The molecule has 0 saturated heterocycles. The standard InChI is InChI=1S/C14H19NS2/c1-9-5-6-14(17-9)11(3)15-8-13-7-10(2)16-12(13)4/h5-7,11,15H,8H2,1-4H3. The predicted octanol–water partition coefficient (Wildman–Crippen LogP) is 4.59. The van der Waals surface area contributed by atoms with Crippen molar-refractivity contribution in [1.82, 2.24) is 5.32 Å². The maximum absolute atomic E-state index is 3.60. The molecule has 0 bridgehead atoms. The molecular formula is C14H19NS2. The minimum atomic E-state index is 0.438. The molecule has 0 aliphatic heterocycles. The highest BCUT2D eigenvalue weighted by molar-refractivity contribution is 7.12. The van der Waals surface area contributed by atoms with E-state index in [1.165, 1.54) is 25.1 Å². The van der Waals surface area contributed by atoms with Crippen molar-refractivity contribution in [2.75, 3.05) is 0 Å². The number of rotatable bonds is 4. The summed E-state index contributed by atoms with van der Waals surface area (Å²) in [5.41, 5.74) is 1.44. The zero-order valence-corrected chi connectivity index (χ0v) is 12.5. The second-order valence-electron chi connectivity index (χ2n) is 4.49. The van der Waals surface area contributed by atoms with Gasteiger partial charge in [0, 0.05) is 32.1 Å². The lowest BCUT2D eigenvalue weighted by atomic mass is 10.2. The van der Waals surface area contributed by atoms with Gasteiger partial charge in [-0.2, -0.15) is 0 Å². The predicted molar refractivity (Wildman–Crippen MR) is 78.1 cm³/mol. The average Bonchev–Trinajstić information content (AvgIpc) is 2.82. The van der Waals surface area contributed by atoms with E-state index in [4.69, 9.17) is 0 Å². The minimum absolute atomic E-state index is 0.438. The highest BCUT2D eigenvalue weighted by atomic mass is 32.1. The second kappa shape index (κ2) is 5.34. The zero-order valence-electron chi connectivity index (χ0n) is 10.8. The van der Waals surface area contributed by atoms with Crippen LogP contribution >= 0.6 is 22.7 Å². The van der Waals surface area contributed by atoms with Gasteiger partial charge in [0.05, 0.1) is 0 Å². The molecule has 2 rings (SSSR count). The Kier molecular flexibility index (Phi) is 4.02. The highest BCUT2D eigenvalue weighted by Crippen LogP contribution is 2.24. The SMILES string of the molecule is Cc1ccc(C(C)NCc2cc(C)sc2C)s1. The lowest BCUT2D eigenvalue weighted by Crippen LogP contribution is -2.17. The molecule has 0 aliphatic carbocycles. The van der Waals surface area contributed by atoms with Crippen molar-refractivity contribution in [3.8, 4) is 0 Å². The van der Waals surface area contributed by atoms with Crippen molar-refractivity contribution in [2.45, 2.75) is 40.3 Å². The minimum Gasteiger partial charge on any atom is -0.305 e. The summed E-state index contributed by atoms with van der Waals surface area (Å²) in [6.45, 7) is 9.74. The molecule has 0 saturated carbocycles. The summed E-state index contributed by atoms with van der Waals surface area (Å²) in [7, 11) is 0. The largest absolute Gasteiger partial charge is 0.305 e. The molecule has 2 aromatic heterocycles. The maximum atomic E-state index is 3.60. The number of hydrogen-bond acceptors (Lipinski definition) is 3. The van der Waals surface area contributed by atoms with Gasteiger partial charge in [0.1, 0.15) is 0 Å². The van der Waals surface area contributed by atoms with Crippen molar-refractivity contribution in [2.24, 2.45) is 0 Å². The van der Waals surface area contributed by atoms with Gasteiger partial charge >= 0.3 is 0 Å². The second-order valence-corrected chi connectivity index (χ2v) is 7.27. The first-order chi connectivity index (χ1) is 8.06. The van der Waals surface area contributed by atoms with Crippen LogP contribution in [0.3, 0.4) is 0 Å². The van der Waals surface area contributed by atoms with E-state index in [9.17, 15) is 0 Å². The Morgan fingerprint density at radius 3 is 2.41 bits per heavy atom. The van der Waals surface area contributed by atoms with Crippen molar-refractivity contribution >= 4 is 22.7 Å². The van der Waals surface area contributed by atoms with E-state index in [0.717, 1.165) is 6.54 Å². The van der Waals surface area contributed by atoms with Gasteiger partial charge in [-0.25, -0.2) is 0 Å². The molecule has 1 unspecified atom stereocenters. The lowest BCUT2D eigenvalue weighted by molar-refractivity contribution is 0.582. The summed E-state index contributed by atoms with van der Waals surface area (Å²) in [6, 6.07) is 7.15. The van der Waals surface area contributed by atoms with E-state index in [1.807, 2.05) is 22.7 Å². The quantitative estimate of drug-likeness (QED) is 0.853. The van der Waals surface area contributed by atoms with Crippen LogP contribution in [-0.2, 0) is 6.54 Å². The molecular weight excluding hydrogens is 246 g/mol. The summed E-state index contributed by atoms with van der Waals surface area (Å²) in [4.78, 5) is 5.65. The van der Waals surface area contributed by atoms with Gasteiger partial charge in [-0.05, 0) is 51.5 Å². The smallest absolute Gasteiger partial charge is 0.0388 e. The van der Waals surface area contributed by atoms with Crippen LogP contribution in [0.2, 0.25) is 0 Å². The number of thiophene rings is 2. The third kappa shape index (κ3) is 3.18. The Morgan fingerprint density at radius 2 is 1.88 bits per heavy atom. The van der Waals surface area contributed by atoms with Crippen molar-refractivity contribution in [3.05, 3.63) is 43.3 Å². The fraction of sp³-hybridized carbons (Fsp3) is 0.429. The van der Waals surface area contributed by atoms with Crippen LogP contribution in [0.4, 0.5) is 0 Å². The molecule has 0 radical (unpaired) electrons. The monoisotopic (exact) mass is 265 g/mol. The van der Waals surface area contributed by atoms with Crippen LogP contribution in [0.25, 0.3) is 0 Å². The molecule has 1 atom stereocenters. The number of hydrogen-bond donors (Lipinski definition) is 1. The maximum Gasteiger partial charge on any atom is 0.0388 e.